The summed E-state index contributed by atoms with van der Waals surface area (Å²) in [6.07, 6.45) is 3.17. The molecule has 0 aliphatic rings. The molecule has 0 saturated heterocycles. The SMILES string of the molecule is C=C/C(=C\N=C)c1cc(-c2ccc(C(N)=O)cc2)cc(-c2ccc([N+](=O)[O-])cc2)n1. The first kappa shape index (κ1) is 20.3. The summed E-state index contributed by atoms with van der Waals surface area (Å²) < 4.78 is 0. The number of hydrogen-bond donors (Lipinski definition) is 1. The van der Waals surface area contributed by atoms with E-state index in [0.29, 0.717) is 28.1 Å². The summed E-state index contributed by atoms with van der Waals surface area (Å²) in [5.41, 5.74) is 10.0. The van der Waals surface area contributed by atoms with Gasteiger partial charge in [0.2, 0.25) is 5.91 Å². The quantitative estimate of drug-likeness (QED) is 0.270. The molecule has 1 aromatic heterocycles. The number of amides is 1. The number of non-ortho nitro benzene ring substituents is 1. The van der Waals surface area contributed by atoms with Crippen molar-refractivity contribution >= 4 is 23.9 Å². The van der Waals surface area contributed by atoms with E-state index < -0.39 is 10.8 Å². The molecule has 0 radical (unpaired) electrons. The Morgan fingerprint density at radius 1 is 1.03 bits per heavy atom. The van der Waals surface area contributed by atoms with Crippen LogP contribution in [0.1, 0.15) is 16.1 Å². The number of nitro groups is 1. The molecule has 0 aliphatic carbocycles. The predicted molar refractivity (Wildman–Crippen MR) is 118 cm³/mol. The number of aromatic nitrogens is 1. The Labute approximate surface area is 173 Å². The zero-order valence-electron chi connectivity index (χ0n) is 16.0. The minimum Gasteiger partial charge on any atom is -0.366 e. The second kappa shape index (κ2) is 8.74. The summed E-state index contributed by atoms with van der Waals surface area (Å²) in [5.74, 6) is -0.502. The second-order valence-electron chi connectivity index (χ2n) is 6.34. The van der Waals surface area contributed by atoms with Crippen LogP contribution in [0, 0.1) is 10.1 Å². The maximum atomic E-state index is 11.3. The number of pyridine rings is 1. The summed E-state index contributed by atoms with van der Waals surface area (Å²) in [6.45, 7) is 7.28. The maximum Gasteiger partial charge on any atom is 0.269 e. The van der Waals surface area contributed by atoms with Gasteiger partial charge in [0.05, 0.1) is 16.3 Å². The molecule has 7 heteroatoms. The maximum absolute atomic E-state index is 11.3. The van der Waals surface area contributed by atoms with Crippen molar-refractivity contribution in [1.82, 2.24) is 4.98 Å². The second-order valence-corrected chi connectivity index (χ2v) is 6.34. The van der Waals surface area contributed by atoms with Crippen LogP contribution in [0.15, 0.2) is 84.5 Å². The van der Waals surface area contributed by atoms with E-state index in [1.807, 2.05) is 12.1 Å². The van der Waals surface area contributed by atoms with Gasteiger partial charge in [-0.1, -0.05) is 24.8 Å². The van der Waals surface area contributed by atoms with Crippen LogP contribution in [0.25, 0.3) is 28.0 Å². The summed E-state index contributed by atoms with van der Waals surface area (Å²) in [7, 11) is 0. The Bertz CT molecular complexity index is 1090. The molecule has 3 aromatic rings. The van der Waals surface area contributed by atoms with Gasteiger partial charge in [-0.15, -0.1) is 0 Å². The highest BCUT2D eigenvalue weighted by atomic mass is 16.6. The summed E-state index contributed by atoms with van der Waals surface area (Å²) in [4.78, 5) is 30.3. The average molecular weight is 398 g/mol. The van der Waals surface area contributed by atoms with Crippen LogP contribution in [0.2, 0.25) is 0 Å². The molecule has 0 unspecified atom stereocenters. The third-order valence-corrected chi connectivity index (χ3v) is 4.45. The first-order chi connectivity index (χ1) is 14.4. The number of allylic oxidation sites excluding steroid dienone is 2. The van der Waals surface area contributed by atoms with Gasteiger partial charge in [0.25, 0.3) is 5.69 Å². The molecule has 7 nitrogen and oxygen atoms in total. The van der Waals surface area contributed by atoms with Crippen LogP contribution >= 0.6 is 0 Å². The van der Waals surface area contributed by atoms with Gasteiger partial charge in [0.15, 0.2) is 0 Å². The standard InChI is InChI=1S/C23H18N4O3/c1-3-15(14-25-2)21-12-19(16-4-6-18(7-5-16)23(24)28)13-22(26-21)17-8-10-20(11-9-17)27(29)30/h3-14H,1-2H2,(H2,24,28)/b15-14+. The molecule has 0 saturated carbocycles. The molecule has 148 valence electrons. The highest BCUT2D eigenvalue weighted by Crippen LogP contribution is 2.30. The normalized spacial score (nSPS) is 11.0. The lowest BCUT2D eigenvalue weighted by molar-refractivity contribution is -0.384. The molecule has 3 rings (SSSR count). The Morgan fingerprint density at radius 2 is 1.67 bits per heavy atom. The summed E-state index contributed by atoms with van der Waals surface area (Å²) in [5, 5.41) is 10.9. The van der Waals surface area contributed by atoms with Crippen molar-refractivity contribution in [2.45, 2.75) is 0 Å². The predicted octanol–water partition coefficient (Wildman–Crippen LogP) is 4.65. The zero-order valence-corrected chi connectivity index (χ0v) is 16.0. The van der Waals surface area contributed by atoms with Gasteiger partial charge < -0.3 is 5.73 Å². The van der Waals surface area contributed by atoms with Crippen molar-refractivity contribution < 1.29 is 9.72 Å². The van der Waals surface area contributed by atoms with Crippen molar-refractivity contribution in [3.63, 3.8) is 0 Å². The molecule has 0 spiro atoms. The van der Waals surface area contributed by atoms with E-state index in [1.54, 1.807) is 48.7 Å². The number of rotatable bonds is 7. The van der Waals surface area contributed by atoms with Gasteiger partial charge in [-0.05, 0) is 54.2 Å². The number of carbonyl (C=O) groups is 1. The fourth-order valence-corrected chi connectivity index (χ4v) is 2.90. The van der Waals surface area contributed by atoms with Gasteiger partial charge in [0, 0.05) is 35.0 Å². The molecule has 1 heterocycles. The Hall–Kier alpha value is -4.39. The molecule has 2 N–H and O–H groups in total. The Kier molecular flexibility index (Phi) is 5.93. The molecular weight excluding hydrogens is 380 g/mol. The molecule has 2 aromatic carbocycles. The van der Waals surface area contributed by atoms with Crippen LogP contribution in [0.3, 0.4) is 0 Å². The molecular formula is C23H18N4O3. The number of nitrogens with zero attached hydrogens (tertiary/aromatic N) is 3. The molecule has 30 heavy (non-hydrogen) atoms. The highest BCUT2D eigenvalue weighted by molar-refractivity contribution is 5.93. The smallest absolute Gasteiger partial charge is 0.269 e. The number of carbonyl (C=O) groups excluding carboxylic acids is 1. The fourth-order valence-electron chi connectivity index (χ4n) is 2.90. The number of nitro benzene ring substituents is 1. The van der Waals surface area contributed by atoms with Gasteiger partial charge in [-0.2, -0.15) is 0 Å². The first-order valence-electron chi connectivity index (χ1n) is 8.89. The van der Waals surface area contributed by atoms with Crippen molar-refractivity contribution in [2.75, 3.05) is 0 Å². The molecule has 0 aliphatic heterocycles. The third-order valence-electron chi connectivity index (χ3n) is 4.45. The van der Waals surface area contributed by atoms with Crippen LogP contribution in [0.5, 0.6) is 0 Å². The summed E-state index contributed by atoms with van der Waals surface area (Å²) >= 11 is 0. The highest BCUT2D eigenvalue weighted by Gasteiger charge is 2.11. The van der Waals surface area contributed by atoms with Crippen LogP contribution in [0.4, 0.5) is 5.69 Å². The van der Waals surface area contributed by atoms with E-state index in [4.69, 9.17) is 5.73 Å². The Morgan fingerprint density at radius 3 is 2.20 bits per heavy atom. The van der Waals surface area contributed by atoms with E-state index in [-0.39, 0.29) is 5.69 Å². The average Bonchev–Trinajstić information content (AvgIpc) is 2.77. The topological polar surface area (TPSA) is 111 Å². The Balaban J connectivity index is 2.16. The largest absolute Gasteiger partial charge is 0.366 e. The zero-order chi connectivity index (χ0) is 21.7. The van der Waals surface area contributed by atoms with Gasteiger partial charge in [-0.3, -0.25) is 19.9 Å². The molecule has 0 fully saturated rings. The van der Waals surface area contributed by atoms with Gasteiger partial charge in [0.1, 0.15) is 0 Å². The lowest BCUT2D eigenvalue weighted by atomic mass is 9.99. The number of benzene rings is 2. The molecule has 0 bridgehead atoms. The van der Waals surface area contributed by atoms with Crippen molar-refractivity contribution in [3.05, 3.63) is 101 Å². The number of aliphatic imine (C=N–C) groups is 1. The number of primary amides is 1. The minimum atomic E-state index is -0.502. The third kappa shape index (κ3) is 4.36. The fraction of sp³-hybridized carbons (Fsp3) is 0. The van der Waals surface area contributed by atoms with Crippen molar-refractivity contribution in [3.8, 4) is 22.4 Å². The minimum absolute atomic E-state index is 0.000276. The van der Waals surface area contributed by atoms with E-state index in [0.717, 1.165) is 11.1 Å². The lowest BCUT2D eigenvalue weighted by Gasteiger charge is -2.11. The van der Waals surface area contributed by atoms with E-state index in [9.17, 15) is 14.9 Å². The summed E-state index contributed by atoms with van der Waals surface area (Å²) in [6, 6.07) is 16.8. The monoisotopic (exact) mass is 398 g/mol. The van der Waals surface area contributed by atoms with E-state index in [1.165, 1.54) is 12.1 Å². The van der Waals surface area contributed by atoms with E-state index >= 15 is 0 Å². The number of hydrogen-bond acceptors (Lipinski definition) is 5. The lowest BCUT2D eigenvalue weighted by Crippen LogP contribution is -2.10. The first-order valence-corrected chi connectivity index (χ1v) is 8.89. The van der Waals surface area contributed by atoms with Crippen molar-refractivity contribution in [2.24, 2.45) is 10.7 Å². The van der Waals surface area contributed by atoms with Crippen molar-refractivity contribution in [1.29, 1.82) is 0 Å². The van der Waals surface area contributed by atoms with Crippen LogP contribution < -0.4 is 5.73 Å². The van der Waals surface area contributed by atoms with Gasteiger partial charge >= 0.3 is 0 Å². The van der Waals surface area contributed by atoms with Gasteiger partial charge in [-0.25, -0.2) is 4.98 Å². The molecule has 0 atom stereocenters. The van der Waals surface area contributed by atoms with Crippen LogP contribution in [-0.2, 0) is 0 Å². The van der Waals surface area contributed by atoms with Crippen LogP contribution in [-0.4, -0.2) is 22.5 Å². The van der Waals surface area contributed by atoms with E-state index in [2.05, 4.69) is 23.3 Å². The number of nitrogens with two attached hydrogens (primary N) is 1. The molecule has 1 amide bonds.